The van der Waals surface area contributed by atoms with Crippen molar-refractivity contribution in [1.29, 1.82) is 0 Å². The van der Waals surface area contributed by atoms with Gasteiger partial charge in [0.2, 0.25) is 5.43 Å². The molecule has 0 aliphatic heterocycles. The average molecular weight is 572 g/mol. The van der Waals surface area contributed by atoms with Gasteiger partial charge < -0.3 is 14.6 Å². The molecule has 0 saturated heterocycles. The highest BCUT2D eigenvalue weighted by Crippen LogP contribution is 2.17. The van der Waals surface area contributed by atoms with E-state index < -0.39 is 5.97 Å². The van der Waals surface area contributed by atoms with Gasteiger partial charge in [-0.2, -0.15) is 0 Å². The predicted molar refractivity (Wildman–Crippen MR) is 111 cm³/mol. The summed E-state index contributed by atoms with van der Waals surface area (Å²) in [5.74, 6) is -0.744. The smallest absolute Gasteiger partial charge is 0.326 e. The second-order valence-electron chi connectivity index (χ2n) is 6.23. The number of hydrogen-bond acceptors (Lipinski definition) is 4. The van der Waals surface area contributed by atoms with E-state index in [-0.39, 0.29) is 30.5 Å². The van der Waals surface area contributed by atoms with Gasteiger partial charge in [-0.15, -0.1) is 0 Å². The quantitative estimate of drug-likeness (QED) is 0.435. The lowest BCUT2D eigenvalue weighted by Crippen LogP contribution is -2.38. The lowest BCUT2D eigenvalue weighted by Gasteiger charge is -2.21. The minimum atomic E-state index is -0.497. The maximum absolute atomic E-state index is 12.0. The minimum absolute atomic E-state index is 0.0248. The Balaban J connectivity index is 1.77. The molecule has 8 heteroatoms. The van der Waals surface area contributed by atoms with Crippen molar-refractivity contribution >= 4 is 57.1 Å². The van der Waals surface area contributed by atoms with Crippen molar-refractivity contribution in [2.45, 2.75) is 57.5 Å². The summed E-state index contributed by atoms with van der Waals surface area (Å²) in [4.78, 5) is 35.6. The first-order valence-corrected chi connectivity index (χ1v) is 10.6. The van der Waals surface area contributed by atoms with E-state index in [0.29, 0.717) is 7.14 Å². The van der Waals surface area contributed by atoms with E-state index in [1.54, 1.807) is 17.0 Å². The molecule has 25 heavy (non-hydrogen) atoms. The summed E-state index contributed by atoms with van der Waals surface area (Å²) in [6.45, 7) is -0.285. The fraction of sp³-hybridized carbons (Fsp3) is 0.588. The van der Waals surface area contributed by atoms with Crippen LogP contribution in [0, 0.1) is 7.14 Å². The number of carbonyl (C=O) groups excluding carboxylic acids is 2. The first-order chi connectivity index (χ1) is 12.0. The number of nitrogens with one attached hydrogen (secondary N) is 1. The summed E-state index contributed by atoms with van der Waals surface area (Å²) in [6.07, 6.45) is 11.2. The van der Waals surface area contributed by atoms with Crippen molar-refractivity contribution in [2.75, 3.05) is 6.61 Å². The number of pyridine rings is 1. The predicted octanol–water partition coefficient (Wildman–Crippen LogP) is 2.83. The Hall–Kier alpha value is -0.650. The maximum Gasteiger partial charge on any atom is 0.326 e. The topological polar surface area (TPSA) is 77.4 Å². The highest BCUT2D eigenvalue weighted by Gasteiger charge is 2.15. The third-order valence-corrected chi connectivity index (χ3v) is 5.68. The van der Waals surface area contributed by atoms with Gasteiger partial charge in [-0.1, -0.05) is 32.1 Å². The molecule has 1 aromatic heterocycles. The van der Waals surface area contributed by atoms with E-state index in [1.165, 1.54) is 19.3 Å². The summed E-state index contributed by atoms with van der Waals surface area (Å²) >= 11 is 3.87. The molecule has 0 spiro atoms. The number of esters is 1. The molecule has 1 fully saturated rings. The highest BCUT2D eigenvalue weighted by molar-refractivity contribution is 14.1. The molecule has 1 amide bonds. The molecule has 1 aromatic rings. The molecule has 1 aliphatic rings. The fourth-order valence-corrected chi connectivity index (χ4v) is 4.67. The van der Waals surface area contributed by atoms with E-state index >= 15 is 0 Å². The zero-order chi connectivity index (χ0) is 18.2. The van der Waals surface area contributed by atoms with Crippen molar-refractivity contribution in [3.05, 3.63) is 29.8 Å². The van der Waals surface area contributed by atoms with Crippen LogP contribution in [0.2, 0.25) is 0 Å². The number of carbonyl (C=O) groups is 2. The molecule has 1 heterocycles. The standard InChI is InChI=1S/C17H22I2N2O4/c18-13-8-21(9-14(19)17(13)24)10-16(23)25-11-15(22)20-12-6-4-2-1-3-5-7-12/h8-9,12H,1-7,10-11H2,(H,20,22). The lowest BCUT2D eigenvalue weighted by atomic mass is 9.97. The van der Waals surface area contributed by atoms with Crippen LogP contribution >= 0.6 is 45.2 Å². The zero-order valence-electron chi connectivity index (χ0n) is 13.9. The lowest BCUT2D eigenvalue weighted by molar-refractivity contribution is -0.149. The van der Waals surface area contributed by atoms with Gasteiger partial charge in [0.15, 0.2) is 6.61 Å². The molecule has 0 aromatic carbocycles. The highest BCUT2D eigenvalue weighted by atomic mass is 127. The fourth-order valence-electron chi connectivity index (χ4n) is 2.86. The third-order valence-electron chi connectivity index (χ3n) is 4.14. The molecule has 0 bridgehead atoms. The minimum Gasteiger partial charge on any atom is -0.454 e. The first-order valence-electron chi connectivity index (χ1n) is 8.46. The first kappa shape index (κ1) is 20.7. The van der Waals surface area contributed by atoms with Gasteiger partial charge in [-0.25, -0.2) is 0 Å². The largest absolute Gasteiger partial charge is 0.454 e. The Bertz CT molecular complexity index is 641. The van der Waals surface area contributed by atoms with Gasteiger partial charge in [0.1, 0.15) is 6.54 Å². The summed E-state index contributed by atoms with van der Waals surface area (Å²) in [6, 6.07) is 0.189. The molecule has 138 valence electrons. The summed E-state index contributed by atoms with van der Waals surface area (Å²) in [5, 5.41) is 2.96. The molecular weight excluding hydrogens is 550 g/mol. The molecule has 0 unspecified atom stereocenters. The molecule has 0 atom stereocenters. The Morgan fingerprint density at radius 3 is 2.24 bits per heavy atom. The van der Waals surface area contributed by atoms with Gasteiger partial charge in [0.05, 0.1) is 7.14 Å². The van der Waals surface area contributed by atoms with E-state index in [4.69, 9.17) is 4.74 Å². The van der Waals surface area contributed by atoms with E-state index in [2.05, 4.69) is 5.32 Å². The number of ether oxygens (including phenoxy) is 1. The molecule has 1 saturated carbocycles. The molecule has 0 radical (unpaired) electrons. The van der Waals surface area contributed by atoms with Gasteiger partial charge in [-0.05, 0) is 58.0 Å². The van der Waals surface area contributed by atoms with Crippen LogP contribution in [0.1, 0.15) is 44.9 Å². The summed E-state index contributed by atoms with van der Waals surface area (Å²) < 4.78 is 7.74. The third kappa shape index (κ3) is 7.24. The van der Waals surface area contributed by atoms with E-state index in [1.807, 2.05) is 45.2 Å². The molecule has 1 N–H and O–H groups in total. The molecular formula is C17H22I2N2O4. The van der Waals surface area contributed by atoms with Crippen LogP contribution in [0.25, 0.3) is 0 Å². The zero-order valence-corrected chi connectivity index (χ0v) is 18.2. The van der Waals surface area contributed by atoms with Gasteiger partial charge in [0.25, 0.3) is 5.91 Å². The second kappa shape index (κ2) is 10.5. The van der Waals surface area contributed by atoms with Crippen LogP contribution in [0.3, 0.4) is 0 Å². The van der Waals surface area contributed by atoms with Crippen molar-refractivity contribution in [3.8, 4) is 0 Å². The van der Waals surface area contributed by atoms with Crippen LogP contribution in [-0.2, 0) is 20.9 Å². The van der Waals surface area contributed by atoms with Crippen molar-refractivity contribution in [2.24, 2.45) is 0 Å². The summed E-state index contributed by atoms with van der Waals surface area (Å²) in [7, 11) is 0. The number of hydrogen-bond donors (Lipinski definition) is 1. The monoisotopic (exact) mass is 572 g/mol. The molecule has 2 rings (SSSR count). The second-order valence-corrected chi connectivity index (χ2v) is 8.55. The van der Waals surface area contributed by atoms with Crippen LogP contribution in [0.15, 0.2) is 17.2 Å². The van der Waals surface area contributed by atoms with Crippen LogP contribution in [-0.4, -0.2) is 29.1 Å². The van der Waals surface area contributed by atoms with Crippen molar-refractivity contribution < 1.29 is 14.3 Å². The van der Waals surface area contributed by atoms with Gasteiger partial charge in [-0.3, -0.25) is 14.4 Å². The van der Waals surface area contributed by atoms with Crippen molar-refractivity contribution in [1.82, 2.24) is 9.88 Å². The Labute approximate surface area is 174 Å². The van der Waals surface area contributed by atoms with Crippen LogP contribution in [0.4, 0.5) is 0 Å². The number of nitrogens with zero attached hydrogens (tertiary/aromatic N) is 1. The van der Waals surface area contributed by atoms with Crippen LogP contribution in [0.5, 0.6) is 0 Å². The maximum atomic E-state index is 12.0. The van der Waals surface area contributed by atoms with E-state index in [0.717, 1.165) is 25.7 Å². The number of amides is 1. The molecule has 6 nitrogen and oxygen atoms in total. The van der Waals surface area contributed by atoms with Crippen molar-refractivity contribution in [3.63, 3.8) is 0 Å². The Morgan fingerprint density at radius 2 is 1.64 bits per heavy atom. The summed E-state index contributed by atoms with van der Waals surface area (Å²) in [5.41, 5.74) is -0.0515. The SMILES string of the molecule is O=C(COC(=O)Cn1cc(I)c(=O)c(I)c1)NC1CCCCCCC1. The van der Waals surface area contributed by atoms with Gasteiger partial charge >= 0.3 is 5.97 Å². The number of rotatable bonds is 5. The van der Waals surface area contributed by atoms with Gasteiger partial charge in [0, 0.05) is 18.4 Å². The number of halogens is 2. The average Bonchev–Trinajstić information content (AvgIpc) is 2.53. The van der Waals surface area contributed by atoms with Crippen LogP contribution < -0.4 is 10.7 Å². The normalized spacial score (nSPS) is 15.9. The van der Waals surface area contributed by atoms with E-state index in [9.17, 15) is 14.4 Å². The Morgan fingerprint density at radius 1 is 1.08 bits per heavy atom. The number of aromatic nitrogens is 1. The molecule has 1 aliphatic carbocycles. The Kier molecular flexibility index (Phi) is 8.67.